The van der Waals surface area contributed by atoms with Crippen LogP contribution in [0, 0.1) is 5.82 Å². The number of benzene rings is 2. The number of fused-ring (bicyclic) bond motifs is 1. The Labute approximate surface area is 197 Å². The van der Waals surface area contributed by atoms with Crippen LogP contribution in [0.15, 0.2) is 67.0 Å². The van der Waals surface area contributed by atoms with Crippen LogP contribution in [0.25, 0.3) is 11.3 Å². The highest BCUT2D eigenvalue weighted by atomic mass is 19.1. The van der Waals surface area contributed by atoms with Crippen molar-refractivity contribution in [1.29, 1.82) is 0 Å². The first-order valence-corrected chi connectivity index (χ1v) is 10.9. The van der Waals surface area contributed by atoms with E-state index < -0.39 is 5.82 Å². The Balaban J connectivity index is 1.85. The van der Waals surface area contributed by atoms with Crippen molar-refractivity contribution in [3.63, 3.8) is 0 Å². The Hall–Kier alpha value is -4.04. The van der Waals surface area contributed by atoms with Gasteiger partial charge in [-0.2, -0.15) is 0 Å². The first-order chi connectivity index (χ1) is 16.3. The molecule has 4 rings (SSSR count). The van der Waals surface area contributed by atoms with Crippen molar-refractivity contribution < 1.29 is 14.0 Å². The highest BCUT2D eigenvalue weighted by Crippen LogP contribution is 2.39. The van der Waals surface area contributed by atoms with Gasteiger partial charge in [0.25, 0.3) is 5.91 Å². The molecule has 7 nitrogen and oxygen atoms in total. The lowest BCUT2D eigenvalue weighted by atomic mass is 10.00. The van der Waals surface area contributed by atoms with Gasteiger partial charge in [0.2, 0.25) is 5.91 Å². The molecule has 0 fully saturated rings. The van der Waals surface area contributed by atoms with Gasteiger partial charge in [0.05, 0.1) is 34.5 Å². The molecule has 1 aliphatic heterocycles. The van der Waals surface area contributed by atoms with E-state index in [4.69, 9.17) is 0 Å². The maximum absolute atomic E-state index is 13.8. The zero-order chi connectivity index (χ0) is 24.2. The Bertz CT molecular complexity index is 1260. The van der Waals surface area contributed by atoms with E-state index >= 15 is 0 Å². The summed E-state index contributed by atoms with van der Waals surface area (Å²) >= 11 is 0. The molecule has 0 atom stereocenters. The van der Waals surface area contributed by atoms with Crippen LogP contribution in [-0.4, -0.2) is 48.9 Å². The van der Waals surface area contributed by atoms with E-state index in [1.54, 1.807) is 29.4 Å². The molecule has 0 aliphatic carbocycles. The number of rotatable bonds is 7. The monoisotopic (exact) mass is 459 g/mol. The molecule has 8 heteroatoms. The highest BCUT2D eigenvalue weighted by molar-refractivity contribution is 6.37. The number of amides is 2. The van der Waals surface area contributed by atoms with Gasteiger partial charge >= 0.3 is 0 Å². The summed E-state index contributed by atoms with van der Waals surface area (Å²) in [5.41, 5.74) is 3.93. The minimum Gasteiger partial charge on any atom is -0.351 e. The lowest BCUT2D eigenvalue weighted by molar-refractivity contribution is -0.116. The molecular weight excluding hydrogens is 433 g/mol. The number of nitrogens with one attached hydrogen (secondary N) is 2. The minimum absolute atomic E-state index is 0.107. The molecule has 34 heavy (non-hydrogen) atoms. The summed E-state index contributed by atoms with van der Waals surface area (Å²) in [4.78, 5) is 33.5. The second-order valence-electron chi connectivity index (χ2n) is 8.25. The average Bonchev–Trinajstić information content (AvgIpc) is 3.13. The van der Waals surface area contributed by atoms with Crippen molar-refractivity contribution in [1.82, 2.24) is 9.88 Å². The third-order valence-electron chi connectivity index (χ3n) is 5.54. The number of hydrogen-bond acceptors (Lipinski definition) is 5. The molecule has 0 saturated heterocycles. The van der Waals surface area contributed by atoms with Crippen molar-refractivity contribution >= 4 is 40.1 Å². The normalized spacial score (nSPS) is 14.0. The number of halogens is 1. The Morgan fingerprint density at radius 2 is 1.85 bits per heavy atom. The quantitative estimate of drug-likeness (QED) is 0.521. The molecule has 1 aromatic heterocycles. The van der Waals surface area contributed by atoms with Crippen molar-refractivity contribution in [3.8, 4) is 0 Å². The van der Waals surface area contributed by atoms with Gasteiger partial charge in [0.15, 0.2) is 0 Å². The topological polar surface area (TPSA) is 77.6 Å². The minimum atomic E-state index is -0.429. The van der Waals surface area contributed by atoms with Crippen molar-refractivity contribution in [2.45, 2.75) is 6.92 Å². The number of pyridine rings is 1. The maximum Gasteiger partial charge on any atom is 0.258 e. The molecule has 0 saturated carbocycles. The zero-order valence-corrected chi connectivity index (χ0v) is 19.3. The number of aromatic nitrogens is 1. The van der Waals surface area contributed by atoms with Crippen LogP contribution in [0.4, 0.5) is 21.5 Å². The Morgan fingerprint density at radius 3 is 2.56 bits per heavy atom. The molecular formula is C26H26FN5O2. The van der Waals surface area contributed by atoms with Crippen molar-refractivity contribution in [2.75, 3.05) is 42.7 Å². The Kier molecular flexibility index (Phi) is 6.70. The van der Waals surface area contributed by atoms with Crippen LogP contribution in [0.1, 0.15) is 18.1 Å². The number of likely N-dealkylation sites (N-methyl/N-ethyl adjacent to an activating group) is 1. The van der Waals surface area contributed by atoms with Gasteiger partial charge in [-0.25, -0.2) is 4.39 Å². The van der Waals surface area contributed by atoms with E-state index in [9.17, 15) is 14.0 Å². The van der Waals surface area contributed by atoms with Crippen molar-refractivity contribution in [2.24, 2.45) is 0 Å². The SMILES string of the molecule is CC(=O)N(CCN(C)C)c1ccncc1N/C(=C1\C(=O)Nc2cc(F)ccc21)c1ccccc1. The molecule has 0 radical (unpaired) electrons. The van der Waals surface area contributed by atoms with Gasteiger partial charge in [-0.05, 0) is 43.9 Å². The highest BCUT2D eigenvalue weighted by Gasteiger charge is 2.29. The summed E-state index contributed by atoms with van der Waals surface area (Å²) in [6.07, 6.45) is 3.25. The first kappa shape index (κ1) is 23.1. The predicted octanol–water partition coefficient (Wildman–Crippen LogP) is 4.07. The summed E-state index contributed by atoms with van der Waals surface area (Å²) in [6, 6.07) is 15.4. The molecule has 2 aromatic carbocycles. The third-order valence-corrected chi connectivity index (χ3v) is 5.54. The van der Waals surface area contributed by atoms with Crippen LogP contribution in [0.5, 0.6) is 0 Å². The predicted molar refractivity (Wildman–Crippen MR) is 133 cm³/mol. The van der Waals surface area contributed by atoms with Gasteiger partial charge in [-0.15, -0.1) is 0 Å². The number of hydrogen-bond donors (Lipinski definition) is 2. The van der Waals surface area contributed by atoms with E-state index in [1.165, 1.54) is 19.1 Å². The summed E-state index contributed by atoms with van der Waals surface area (Å²) < 4.78 is 13.8. The van der Waals surface area contributed by atoms with E-state index in [1.807, 2.05) is 49.3 Å². The Morgan fingerprint density at radius 1 is 1.09 bits per heavy atom. The largest absolute Gasteiger partial charge is 0.351 e. The summed E-state index contributed by atoms with van der Waals surface area (Å²) in [7, 11) is 3.89. The fourth-order valence-corrected chi connectivity index (χ4v) is 3.88. The fraction of sp³-hybridized carbons (Fsp3) is 0.192. The molecule has 0 spiro atoms. The van der Waals surface area contributed by atoms with Crippen LogP contribution in [-0.2, 0) is 9.59 Å². The maximum atomic E-state index is 13.8. The summed E-state index contributed by atoms with van der Waals surface area (Å²) in [5, 5.41) is 6.12. The van der Waals surface area contributed by atoms with Gasteiger partial charge in [-0.3, -0.25) is 14.6 Å². The van der Waals surface area contributed by atoms with E-state index in [0.29, 0.717) is 47.0 Å². The standard InChI is InChI=1S/C26H26FN5O2/c1-17(33)32(14-13-31(2)3)23-11-12-28-16-22(23)29-25(18-7-5-4-6-8-18)24-20-10-9-19(27)15-21(20)30-26(24)34/h4-12,15-16,29H,13-14H2,1-3H3,(H,30,34)/b25-24-. The van der Waals surface area contributed by atoms with E-state index in [0.717, 1.165) is 5.56 Å². The van der Waals surface area contributed by atoms with Crippen LogP contribution in [0.3, 0.4) is 0 Å². The molecule has 1 aliphatic rings. The molecule has 2 N–H and O–H groups in total. The zero-order valence-electron chi connectivity index (χ0n) is 19.3. The number of anilines is 3. The van der Waals surface area contributed by atoms with E-state index in [-0.39, 0.29) is 11.8 Å². The first-order valence-electron chi connectivity index (χ1n) is 10.9. The molecule has 3 aromatic rings. The van der Waals surface area contributed by atoms with E-state index in [2.05, 4.69) is 15.6 Å². The van der Waals surface area contributed by atoms with Gasteiger partial charge < -0.3 is 20.4 Å². The fourth-order valence-electron chi connectivity index (χ4n) is 3.88. The van der Waals surface area contributed by atoms with Crippen LogP contribution < -0.4 is 15.5 Å². The number of nitrogens with zero attached hydrogens (tertiary/aromatic N) is 3. The summed E-state index contributed by atoms with van der Waals surface area (Å²) in [6.45, 7) is 2.68. The third kappa shape index (κ3) is 4.82. The molecule has 0 unspecified atom stereocenters. The molecule has 2 amide bonds. The average molecular weight is 460 g/mol. The lowest BCUT2D eigenvalue weighted by Crippen LogP contribution is -2.35. The number of carbonyl (C=O) groups excluding carboxylic acids is 2. The lowest BCUT2D eigenvalue weighted by Gasteiger charge is -2.26. The molecule has 2 heterocycles. The smallest absolute Gasteiger partial charge is 0.258 e. The molecule has 174 valence electrons. The summed E-state index contributed by atoms with van der Waals surface area (Å²) in [5.74, 6) is -0.875. The second-order valence-corrected chi connectivity index (χ2v) is 8.25. The van der Waals surface area contributed by atoms with Gasteiger partial charge in [0.1, 0.15) is 5.82 Å². The van der Waals surface area contributed by atoms with Gasteiger partial charge in [0, 0.05) is 31.8 Å². The second kappa shape index (κ2) is 9.84. The van der Waals surface area contributed by atoms with Crippen LogP contribution >= 0.6 is 0 Å². The van der Waals surface area contributed by atoms with Crippen molar-refractivity contribution in [3.05, 3.63) is 83.9 Å². The number of carbonyl (C=O) groups is 2. The molecule has 0 bridgehead atoms. The van der Waals surface area contributed by atoms with Crippen LogP contribution in [0.2, 0.25) is 0 Å². The van der Waals surface area contributed by atoms with Gasteiger partial charge in [-0.1, -0.05) is 30.3 Å².